The quantitative estimate of drug-likeness (QED) is 0.620. The van der Waals surface area contributed by atoms with Crippen LogP contribution in [0.25, 0.3) is 0 Å². The summed E-state index contributed by atoms with van der Waals surface area (Å²) in [7, 11) is 0. The van der Waals surface area contributed by atoms with E-state index in [1.165, 1.54) is 12.0 Å². The smallest absolute Gasteiger partial charge is 0.273 e. The average Bonchev–Trinajstić information content (AvgIpc) is 3.49. The number of hydrogen-bond acceptors (Lipinski definition) is 5. The van der Waals surface area contributed by atoms with Gasteiger partial charge in [-0.15, -0.1) is 5.10 Å². The van der Waals surface area contributed by atoms with Gasteiger partial charge in [0.2, 0.25) is 0 Å². The molecule has 8 heteroatoms. The van der Waals surface area contributed by atoms with Gasteiger partial charge in [-0.3, -0.25) is 19.1 Å². The van der Waals surface area contributed by atoms with Gasteiger partial charge in [0.25, 0.3) is 5.91 Å². The standard InChI is InChI=1S/C22H29N7O/c1-3-28-14-19(17(2)25-28)13-27-11-7-10-20(27)15-29-16-21(24-26-29)22(30)23-12-18-8-5-4-6-9-18/h4-6,8-9,14,16,20H,3,7,10-13,15H2,1-2H3,(H,23,30)/t20-/m0/s1. The number of carbonyl (C=O) groups is 1. The van der Waals surface area contributed by atoms with Gasteiger partial charge < -0.3 is 5.32 Å². The lowest BCUT2D eigenvalue weighted by atomic mass is 10.2. The first-order chi connectivity index (χ1) is 14.6. The first kappa shape index (κ1) is 20.3. The third-order valence-corrected chi connectivity index (χ3v) is 5.71. The average molecular weight is 408 g/mol. The molecule has 0 saturated carbocycles. The van der Waals surface area contributed by atoms with Gasteiger partial charge in [0.15, 0.2) is 5.69 Å². The zero-order valence-electron chi connectivity index (χ0n) is 17.7. The number of aryl methyl sites for hydroxylation is 2. The van der Waals surface area contributed by atoms with Crippen LogP contribution in [0.3, 0.4) is 0 Å². The largest absolute Gasteiger partial charge is 0.347 e. The minimum Gasteiger partial charge on any atom is -0.347 e. The molecular formula is C22H29N7O. The van der Waals surface area contributed by atoms with Gasteiger partial charge in [0, 0.05) is 37.4 Å². The predicted molar refractivity (Wildman–Crippen MR) is 114 cm³/mol. The van der Waals surface area contributed by atoms with Crippen LogP contribution in [0.2, 0.25) is 0 Å². The van der Waals surface area contributed by atoms with Crippen molar-refractivity contribution in [3.8, 4) is 0 Å². The predicted octanol–water partition coefficient (Wildman–Crippen LogP) is 2.40. The highest BCUT2D eigenvalue weighted by atomic mass is 16.2. The fourth-order valence-corrected chi connectivity index (χ4v) is 3.98. The molecule has 158 valence electrons. The Morgan fingerprint density at radius 1 is 1.20 bits per heavy atom. The van der Waals surface area contributed by atoms with Crippen molar-refractivity contribution < 1.29 is 4.79 Å². The van der Waals surface area contributed by atoms with Crippen molar-refractivity contribution in [1.29, 1.82) is 0 Å². The van der Waals surface area contributed by atoms with Crippen LogP contribution in [-0.4, -0.2) is 48.2 Å². The number of rotatable bonds is 8. The van der Waals surface area contributed by atoms with E-state index in [0.29, 0.717) is 18.3 Å². The van der Waals surface area contributed by atoms with Crippen molar-refractivity contribution in [2.24, 2.45) is 0 Å². The van der Waals surface area contributed by atoms with E-state index in [4.69, 9.17) is 0 Å². The van der Waals surface area contributed by atoms with E-state index < -0.39 is 0 Å². The molecule has 1 N–H and O–H groups in total. The topological polar surface area (TPSA) is 80.9 Å². The molecule has 0 spiro atoms. The third-order valence-electron chi connectivity index (χ3n) is 5.71. The number of aromatic nitrogens is 5. The van der Waals surface area contributed by atoms with Crippen LogP contribution in [-0.2, 0) is 26.2 Å². The highest BCUT2D eigenvalue weighted by Crippen LogP contribution is 2.22. The minimum atomic E-state index is -0.198. The van der Waals surface area contributed by atoms with E-state index in [2.05, 4.69) is 45.7 Å². The van der Waals surface area contributed by atoms with Gasteiger partial charge >= 0.3 is 0 Å². The van der Waals surface area contributed by atoms with Crippen molar-refractivity contribution in [2.45, 2.75) is 58.9 Å². The minimum absolute atomic E-state index is 0.198. The molecule has 1 fully saturated rings. The molecule has 4 rings (SSSR count). The van der Waals surface area contributed by atoms with Crippen molar-refractivity contribution in [2.75, 3.05) is 6.54 Å². The molecule has 2 aromatic heterocycles. The Balaban J connectivity index is 1.34. The first-order valence-corrected chi connectivity index (χ1v) is 10.6. The van der Waals surface area contributed by atoms with Gasteiger partial charge in [-0.25, -0.2) is 0 Å². The van der Waals surface area contributed by atoms with E-state index in [0.717, 1.165) is 43.9 Å². The number of likely N-dealkylation sites (tertiary alicyclic amines) is 1. The van der Waals surface area contributed by atoms with E-state index in [9.17, 15) is 4.79 Å². The summed E-state index contributed by atoms with van der Waals surface area (Å²) in [6.07, 6.45) is 6.19. The van der Waals surface area contributed by atoms with Gasteiger partial charge in [-0.05, 0) is 38.8 Å². The van der Waals surface area contributed by atoms with Crippen LogP contribution in [0.4, 0.5) is 0 Å². The number of nitrogens with one attached hydrogen (secondary N) is 1. The summed E-state index contributed by atoms with van der Waals surface area (Å²) < 4.78 is 3.79. The highest BCUT2D eigenvalue weighted by molar-refractivity contribution is 5.91. The number of nitrogens with zero attached hydrogens (tertiary/aromatic N) is 6. The summed E-state index contributed by atoms with van der Waals surface area (Å²) in [5.41, 5.74) is 3.79. The van der Waals surface area contributed by atoms with Gasteiger partial charge in [-0.2, -0.15) is 5.10 Å². The summed E-state index contributed by atoms with van der Waals surface area (Å²) in [6, 6.07) is 10.2. The molecule has 1 aromatic carbocycles. The first-order valence-electron chi connectivity index (χ1n) is 10.6. The highest BCUT2D eigenvalue weighted by Gasteiger charge is 2.26. The summed E-state index contributed by atoms with van der Waals surface area (Å²) in [5, 5.41) is 15.7. The lowest BCUT2D eigenvalue weighted by Gasteiger charge is -2.23. The molecule has 1 amide bonds. The van der Waals surface area contributed by atoms with Crippen molar-refractivity contribution in [3.63, 3.8) is 0 Å². The van der Waals surface area contributed by atoms with E-state index >= 15 is 0 Å². The molecule has 1 saturated heterocycles. The SMILES string of the molecule is CCn1cc(CN2CCC[C@H]2Cn2cc(C(=O)NCc3ccccc3)nn2)c(C)n1. The molecule has 1 atom stereocenters. The zero-order chi connectivity index (χ0) is 20.9. The number of amides is 1. The lowest BCUT2D eigenvalue weighted by Crippen LogP contribution is -2.32. The van der Waals surface area contributed by atoms with E-state index in [1.807, 2.05) is 35.0 Å². The molecule has 0 unspecified atom stereocenters. The fraction of sp³-hybridized carbons (Fsp3) is 0.455. The second-order valence-electron chi connectivity index (χ2n) is 7.86. The molecule has 1 aliphatic heterocycles. The number of hydrogen-bond donors (Lipinski definition) is 1. The number of benzene rings is 1. The Morgan fingerprint density at radius 3 is 2.80 bits per heavy atom. The van der Waals surface area contributed by atoms with Crippen LogP contribution in [0.15, 0.2) is 42.7 Å². The summed E-state index contributed by atoms with van der Waals surface area (Å²) in [4.78, 5) is 14.9. The second kappa shape index (κ2) is 9.21. The van der Waals surface area contributed by atoms with Crippen LogP contribution < -0.4 is 5.32 Å². The van der Waals surface area contributed by atoms with Crippen molar-refractivity contribution in [3.05, 3.63) is 65.2 Å². The maximum absolute atomic E-state index is 12.4. The summed E-state index contributed by atoms with van der Waals surface area (Å²) in [5.74, 6) is -0.198. The Bertz CT molecular complexity index is 979. The molecule has 30 heavy (non-hydrogen) atoms. The van der Waals surface area contributed by atoms with Crippen LogP contribution >= 0.6 is 0 Å². The van der Waals surface area contributed by atoms with Gasteiger partial charge in [-0.1, -0.05) is 35.5 Å². The zero-order valence-corrected chi connectivity index (χ0v) is 17.7. The Labute approximate surface area is 176 Å². The van der Waals surface area contributed by atoms with Gasteiger partial charge in [0.1, 0.15) is 0 Å². The number of carbonyl (C=O) groups excluding carboxylic acids is 1. The third kappa shape index (κ3) is 4.76. The lowest BCUT2D eigenvalue weighted by molar-refractivity contribution is 0.0945. The molecule has 3 aromatic rings. The van der Waals surface area contributed by atoms with Crippen LogP contribution in [0.5, 0.6) is 0 Å². The molecular weight excluding hydrogens is 378 g/mol. The van der Waals surface area contributed by atoms with Crippen LogP contribution in [0.1, 0.15) is 47.1 Å². The normalized spacial score (nSPS) is 16.8. The Kier molecular flexibility index (Phi) is 6.23. The molecule has 1 aliphatic rings. The maximum atomic E-state index is 12.4. The summed E-state index contributed by atoms with van der Waals surface area (Å²) >= 11 is 0. The van der Waals surface area contributed by atoms with E-state index in [-0.39, 0.29) is 5.91 Å². The van der Waals surface area contributed by atoms with E-state index in [1.54, 1.807) is 10.9 Å². The molecule has 0 bridgehead atoms. The van der Waals surface area contributed by atoms with Crippen molar-refractivity contribution in [1.82, 2.24) is 35.0 Å². The van der Waals surface area contributed by atoms with Crippen molar-refractivity contribution >= 4 is 5.91 Å². The second-order valence-corrected chi connectivity index (χ2v) is 7.86. The fourth-order valence-electron chi connectivity index (χ4n) is 3.98. The molecule has 0 radical (unpaired) electrons. The van der Waals surface area contributed by atoms with Gasteiger partial charge in [0.05, 0.1) is 18.4 Å². The monoisotopic (exact) mass is 407 g/mol. The molecule has 0 aliphatic carbocycles. The Morgan fingerprint density at radius 2 is 2.03 bits per heavy atom. The molecule has 3 heterocycles. The maximum Gasteiger partial charge on any atom is 0.273 e. The molecule has 8 nitrogen and oxygen atoms in total. The van der Waals surface area contributed by atoms with Crippen LogP contribution in [0, 0.1) is 6.92 Å². The Hall–Kier alpha value is -3.00. The summed E-state index contributed by atoms with van der Waals surface area (Å²) in [6.45, 7) is 8.25.